The van der Waals surface area contributed by atoms with Crippen LogP contribution in [0.2, 0.25) is 0 Å². The lowest BCUT2D eigenvalue weighted by atomic mass is 10.2. The third-order valence-corrected chi connectivity index (χ3v) is 1.84. The van der Waals surface area contributed by atoms with Crippen LogP contribution in [0.25, 0.3) is 10.8 Å². The molecule has 64 valence electrons. The summed E-state index contributed by atoms with van der Waals surface area (Å²) in [5, 5.41) is 4.65. The van der Waals surface area contributed by atoms with Crippen LogP contribution in [0, 0.1) is 0 Å². The fourth-order valence-electron chi connectivity index (χ4n) is 1.22. The van der Waals surface area contributed by atoms with Crippen molar-refractivity contribution in [3.05, 3.63) is 36.5 Å². The molecule has 1 amide bonds. The highest BCUT2D eigenvalue weighted by Gasteiger charge is 1.94. The molecule has 0 aliphatic heterocycles. The molecule has 0 unspecified atom stereocenters. The highest BCUT2D eigenvalue weighted by Crippen LogP contribution is 2.15. The molecule has 0 atom stereocenters. The van der Waals surface area contributed by atoms with Crippen molar-refractivity contribution in [2.24, 2.45) is 0 Å². The maximum absolute atomic E-state index is 10.2. The van der Waals surface area contributed by atoms with E-state index in [2.05, 4.69) is 10.3 Å². The van der Waals surface area contributed by atoms with E-state index in [0.29, 0.717) is 12.2 Å². The van der Waals surface area contributed by atoms with Gasteiger partial charge in [-0.15, -0.1) is 0 Å². The number of hydrogen-bond acceptors (Lipinski definition) is 2. The first-order valence-corrected chi connectivity index (χ1v) is 3.95. The lowest BCUT2D eigenvalue weighted by molar-refractivity contribution is -0.105. The lowest BCUT2D eigenvalue weighted by Crippen LogP contribution is -1.95. The van der Waals surface area contributed by atoms with Gasteiger partial charge in [0.15, 0.2) is 0 Å². The van der Waals surface area contributed by atoms with Crippen LogP contribution in [0.3, 0.4) is 0 Å². The van der Waals surface area contributed by atoms with Gasteiger partial charge in [0.05, 0.1) is 0 Å². The monoisotopic (exact) mass is 172 g/mol. The van der Waals surface area contributed by atoms with E-state index >= 15 is 0 Å². The summed E-state index contributed by atoms with van der Waals surface area (Å²) in [7, 11) is 0. The Morgan fingerprint density at radius 3 is 2.77 bits per heavy atom. The summed E-state index contributed by atoms with van der Waals surface area (Å²) in [6.07, 6.45) is 2.36. The Bertz CT molecular complexity index is 440. The van der Waals surface area contributed by atoms with Gasteiger partial charge in [-0.1, -0.05) is 24.3 Å². The minimum Gasteiger partial charge on any atom is -0.313 e. The van der Waals surface area contributed by atoms with Gasteiger partial charge in [0.25, 0.3) is 0 Å². The summed E-state index contributed by atoms with van der Waals surface area (Å²) < 4.78 is 0. The van der Waals surface area contributed by atoms with Crippen molar-refractivity contribution in [3.8, 4) is 0 Å². The van der Waals surface area contributed by atoms with E-state index in [4.69, 9.17) is 0 Å². The van der Waals surface area contributed by atoms with Crippen LogP contribution in [-0.2, 0) is 4.79 Å². The van der Waals surface area contributed by atoms with Crippen molar-refractivity contribution in [1.82, 2.24) is 4.98 Å². The molecule has 0 fully saturated rings. The molecular weight excluding hydrogens is 164 g/mol. The highest BCUT2D eigenvalue weighted by atomic mass is 16.1. The van der Waals surface area contributed by atoms with Crippen molar-refractivity contribution in [2.75, 3.05) is 5.32 Å². The van der Waals surface area contributed by atoms with Crippen LogP contribution in [0.15, 0.2) is 36.5 Å². The molecule has 13 heavy (non-hydrogen) atoms. The van der Waals surface area contributed by atoms with Crippen LogP contribution in [-0.4, -0.2) is 11.4 Å². The fourth-order valence-corrected chi connectivity index (χ4v) is 1.22. The summed E-state index contributed by atoms with van der Waals surface area (Å²) in [4.78, 5) is 14.2. The summed E-state index contributed by atoms with van der Waals surface area (Å²) in [5.41, 5.74) is 0. The molecule has 2 aromatic rings. The molecule has 0 aliphatic rings. The van der Waals surface area contributed by atoms with Crippen molar-refractivity contribution >= 4 is 23.0 Å². The molecule has 1 aromatic heterocycles. The van der Waals surface area contributed by atoms with Crippen molar-refractivity contribution in [1.29, 1.82) is 0 Å². The first-order valence-electron chi connectivity index (χ1n) is 3.95. The standard InChI is InChI=1S/C10H8N2O/c13-7-12-10-5-8-3-1-2-4-9(8)6-11-10/h1-7H,(H,11,12,13). The summed E-state index contributed by atoms with van der Waals surface area (Å²) in [6.45, 7) is 0. The molecule has 0 bridgehead atoms. The van der Waals surface area contributed by atoms with E-state index in [1.54, 1.807) is 6.20 Å². The van der Waals surface area contributed by atoms with Gasteiger partial charge >= 0.3 is 0 Å². The number of hydrogen-bond donors (Lipinski definition) is 1. The van der Waals surface area contributed by atoms with E-state index < -0.39 is 0 Å². The van der Waals surface area contributed by atoms with Crippen LogP contribution in [0.5, 0.6) is 0 Å². The quantitative estimate of drug-likeness (QED) is 0.702. The Balaban J connectivity index is 2.55. The number of benzene rings is 1. The van der Waals surface area contributed by atoms with Crippen LogP contribution < -0.4 is 5.32 Å². The van der Waals surface area contributed by atoms with Gasteiger partial charge < -0.3 is 5.32 Å². The van der Waals surface area contributed by atoms with Crippen LogP contribution in [0.1, 0.15) is 0 Å². The Kier molecular flexibility index (Phi) is 1.92. The van der Waals surface area contributed by atoms with Crippen molar-refractivity contribution < 1.29 is 4.79 Å². The molecule has 0 aliphatic carbocycles. The maximum atomic E-state index is 10.2. The number of aromatic nitrogens is 1. The second kappa shape index (κ2) is 3.23. The molecule has 3 nitrogen and oxygen atoms in total. The Hall–Kier alpha value is -1.90. The molecule has 0 saturated carbocycles. The zero-order valence-electron chi connectivity index (χ0n) is 6.90. The van der Waals surface area contributed by atoms with Gasteiger partial charge in [-0.3, -0.25) is 4.79 Å². The van der Waals surface area contributed by atoms with E-state index in [-0.39, 0.29) is 0 Å². The van der Waals surface area contributed by atoms with Crippen molar-refractivity contribution in [3.63, 3.8) is 0 Å². The molecule has 0 radical (unpaired) electrons. The number of carbonyl (C=O) groups excluding carboxylic acids is 1. The SMILES string of the molecule is O=CNc1cc2ccccc2cn1. The molecular formula is C10H8N2O. The second-order valence-corrected chi connectivity index (χ2v) is 2.68. The third kappa shape index (κ3) is 1.49. The van der Waals surface area contributed by atoms with Gasteiger partial charge in [0.2, 0.25) is 6.41 Å². The molecule has 3 heteroatoms. The van der Waals surface area contributed by atoms with Crippen LogP contribution >= 0.6 is 0 Å². The van der Waals surface area contributed by atoms with Gasteiger partial charge in [-0.25, -0.2) is 4.98 Å². The minimum absolute atomic E-state index is 0.578. The Morgan fingerprint density at radius 2 is 2.00 bits per heavy atom. The first kappa shape index (κ1) is 7.73. The van der Waals surface area contributed by atoms with Crippen molar-refractivity contribution in [2.45, 2.75) is 0 Å². The number of rotatable bonds is 2. The summed E-state index contributed by atoms with van der Waals surface area (Å²) in [5.74, 6) is 0.578. The second-order valence-electron chi connectivity index (χ2n) is 2.68. The summed E-state index contributed by atoms with van der Waals surface area (Å²) >= 11 is 0. The van der Waals surface area contributed by atoms with Gasteiger partial charge in [-0.2, -0.15) is 0 Å². The van der Waals surface area contributed by atoms with Gasteiger partial charge in [0.1, 0.15) is 5.82 Å². The van der Waals surface area contributed by atoms with Gasteiger partial charge in [-0.05, 0) is 11.5 Å². The maximum Gasteiger partial charge on any atom is 0.212 e. The van der Waals surface area contributed by atoms with E-state index in [9.17, 15) is 4.79 Å². The molecule has 1 N–H and O–H groups in total. The lowest BCUT2D eigenvalue weighted by Gasteiger charge is -1.99. The molecule has 1 heterocycles. The molecule has 2 rings (SSSR count). The number of pyridine rings is 1. The number of nitrogens with one attached hydrogen (secondary N) is 1. The highest BCUT2D eigenvalue weighted by molar-refractivity contribution is 5.85. The number of fused-ring (bicyclic) bond motifs is 1. The topological polar surface area (TPSA) is 42.0 Å². The predicted molar refractivity (Wildman–Crippen MR) is 51.4 cm³/mol. The number of nitrogens with zero attached hydrogens (tertiary/aromatic N) is 1. The smallest absolute Gasteiger partial charge is 0.212 e. The zero-order chi connectivity index (χ0) is 9.10. The molecule has 1 aromatic carbocycles. The Morgan fingerprint density at radius 1 is 1.23 bits per heavy atom. The van der Waals surface area contributed by atoms with E-state index in [1.165, 1.54) is 0 Å². The van der Waals surface area contributed by atoms with E-state index in [1.807, 2.05) is 30.3 Å². The predicted octanol–water partition coefficient (Wildman–Crippen LogP) is 1.80. The van der Waals surface area contributed by atoms with Gasteiger partial charge in [0, 0.05) is 11.6 Å². The summed E-state index contributed by atoms with van der Waals surface area (Å²) in [6, 6.07) is 9.70. The van der Waals surface area contributed by atoms with E-state index in [0.717, 1.165) is 10.8 Å². The number of carbonyl (C=O) groups is 1. The minimum atomic E-state index is 0.578. The first-order chi connectivity index (χ1) is 6.40. The molecule has 0 spiro atoms. The third-order valence-electron chi connectivity index (χ3n) is 1.84. The number of anilines is 1. The molecule has 0 saturated heterocycles. The van der Waals surface area contributed by atoms with Crippen LogP contribution in [0.4, 0.5) is 5.82 Å². The average molecular weight is 172 g/mol. The fraction of sp³-hybridized carbons (Fsp3) is 0. The largest absolute Gasteiger partial charge is 0.313 e. The Labute approximate surface area is 75.4 Å². The number of amides is 1. The average Bonchev–Trinajstić information content (AvgIpc) is 2.18. The normalized spacial score (nSPS) is 9.85. The zero-order valence-corrected chi connectivity index (χ0v) is 6.90.